The molecule has 1 atom stereocenters. The number of benzene rings is 1. The minimum Gasteiger partial charge on any atom is -0.330 e. The van der Waals surface area contributed by atoms with Crippen molar-refractivity contribution < 1.29 is 0 Å². The van der Waals surface area contributed by atoms with E-state index in [1.165, 1.54) is 11.1 Å². The number of nitrogens with two attached hydrogens (primary N) is 1. The molecule has 0 fully saturated rings. The molecule has 0 aliphatic carbocycles. The Balaban J connectivity index is 2.21. The van der Waals surface area contributed by atoms with Gasteiger partial charge in [-0.3, -0.25) is 0 Å². The van der Waals surface area contributed by atoms with Crippen LogP contribution in [0.5, 0.6) is 0 Å². The highest BCUT2D eigenvalue weighted by Gasteiger charge is 2.11. The predicted molar refractivity (Wildman–Crippen MR) is 87.7 cm³/mol. The highest BCUT2D eigenvalue weighted by Crippen LogP contribution is 2.17. The Labute approximate surface area is 131 Å². The summed E-state index contributed by atoms with van der Waals surface area (Å²) in [6, 6.07) is 7.82. The number of nitrogens with zero attached hydrogens (tertiary/aromatic N) is 2. The fraction of sp³-hybridized carbons (Fsp3) is 0.412. The van der Waals surface area contributed by atoms with Crippen LogP contribution in [0.4, 0.5) is 0 Å². The maximum absolute atomic E-state index is 5.91. The molecule has 4 heteroatoms. The quantitative estimate of drug-likeness (QED) is 0.920. The van der Waals surface area contributed by atoms with E-state index in [0.717, 1.165) is 35.1 Å². The number of hydrogen-bond acceptors (Lipinski definition) is 3. The van der Waals surface area contributed by atoms with Gasteiger partial charge in [0.15, 0.2) is 0 Å². The summed E-state index contributed by atoms with van der Waals surface area (Å²) in [5, 5.41) is 0.748. The summed E-state index contributed by atoms with van der Waals surface area (Å²) in [7, 11) is 0. The molecule has 0 aliphatic rings. The SMILES string of the molecule is Cc1nc(Cc2ccc(Cl)cc2)nc(C)c1CC(C)CN. The monoisotopic (exact) mass is 303 g/mol. The van der Waals surface area contributed by atoms with Crippen LogP contribution in [0.1, 0.15) is 35.3 Å². The van der Waals surface area contributed by atoms with E-state index < -0.39 is 0 Å². The molecule has 0 amide bonds. The molecule has 0 aliphatic heterocycles. The largest absolute Gasteiger partial charge is 0.330 e. The average Bonchev–Trinajstić information content (AvgIpc) is 2.45. The van der Waals surface area contributed by atoms with Gasteiger partial charge in [-0.05, 0) is 56.0 Å². The minimum absolute atomic E-state index is 0.452. The molecular formula is C17H22ClN3. The zero-order chi connectivity index (χ0) is 15.4. The van der Waals surface area contributed by atoms with Crippen molar-refractivity contribution in [3.63, 3.8) is 0 Å². The zero-order valence-corrected chi connectivity index (χ0v) is 13.6. The summed E-state index contributed by atoms with van der Waals surface area (Å²) in [4.78, 5) is 9.31. The standard InChI is InChI=1S/C17H22ClN3/c1-11(10-19)8-16-12(2)20-17(21-13(16)3)9-14-4-6-15(18)7-5-14/h4-7,11H,8-10,19H2,1-3H3. The Hall–Kier alpha value is -1.45. The number of aromatic nitrogens is 2. The Morgan fingerprint density at radius 3 is 2.19 bits per heavy atom. The van der Waals surface area contributed by atoms with Crippen LogP contribution in [0.2, 0.25) is 5.02 Å². The van der Waals surface area contributed by atoms with Gasteiger partial charge in [-0.25, -0.2) is 9.97 Å². The molecule has 2 aromatic rings. The molecule has 0 saturated heterocycles. The van der Waals surface area contributed by atoms with E-state index in [4.69, 9.17) is 17.3 Å². The average molecular weight is 304 g/mol. The van der Waals surface area contributed by atoms with Crippen molar-refractivity contribution in [2.75, 3.05) is 6.54 Å². The van der Waals surface area contributed by atoms with Crippen molar-refractivity contribution >= 4 is 11.6 Å². The normalized spacial score (nSPS) is 12.4. The summed E-state index contributed by atoms with van der Waals surface area (Å²) < 4.78 is 0. The van der Waals surface area contributed by atoms with Crippen molar-refractivity contribution in [2.24, 2.45) is 11.7 Å². The molecule has 1 unspecified atom stereocenters. The second-order valence-electron chi connectivity index (χ2n) is 5.64. The highest BCUT2D eigenvalue weighted by atomic mass is 35.5. The predicted octanol–water partition coefficient (Wildman–Crippen LogP) is 3.47. The topological polar surface area (TPSA) is 51.8 Å². The molecule has 1 aromatic carbocycles. The molecule has 0 spiro atoms. The molecule has 2 rings (SSSR count). The lowest BCUT2D eigenvalue weighted by Gasteiger charge is -2.14. The van der Waals surface area contributed by atoms with Crippen molar-refractivity contribution in [3.05, 3.63) is 57.6 Å². The number of rotatable bonds is 5. The lowest BCUT2D eigenvalue weighted by atomic mass is 9.99. The first-order valence-corrected chi connectivity index (χ1v) is 7.65. The molecule has 1 heterocycles. The summed E-state index contributed by atoms with van der Waals surface area (Å²) in [6.07, 6.45) is 1.67. The molecule has 0 radical (unpaired) electrons. The summed E-state index contributed by atoms with van der Waals surface area (Å²) in [5.41, 5.74) is 10.2. The van der Waals surface area contributed by atoms with E-state index in [0.29, 0.717) is 12.5 Å². The molecule has 0 bridgehead atoms. The summed E-state index contributed by atoms with van der Waals surface area (Å²) in [6.45, 7) is 6.95. The van der Waals surface area contributed by atoms with E-state index in [2.05, 4.69) is 30.7 Å². The Bertz CT molecular complexity index is 585. The molecule has 2 N–H and O–H groups in total. The first kappa shape index (κ1) is 15.9. The van der Waals surface area contributed by atoms with E-state index in [-0.39, 0.29) is 0 Å². The van der Waals surface area contributed by atoms with Crippen molar-refractivity contribution in [2.45, 2.75) is 33.6 Å². The lowest BCUT2D eigenvalue weighted by Crippen LogP contribution is -2.16. The van der Waals surface area contributed by atoms with E-state index >= 15 is 0 Å². The second-order valence-corrected chi connectivity index (χ2v) is 6.07. The van der Waals surface area contributed by atoms with Gasteiger partial charge in [0.1, 0.15) is 5.82 Å². The third-order valence-corrected chi connectivity index (χ3v) is 3.95. The van der Waals surface area contributed by atoms with Crippen LogP contribution in [0.25, 0.3) is 0 Å². The molecule has 1 aromatic heterocycles. The molecule has 0 saturated carbocycles. The fourth-order valence-electron chi connectivity index (χ4n) is 2.40. The summed E-state index contributed by atoms with van der Waals surface area (Å²) >= 11 is 5.91. The van der Waals surface area contributed by atoms with Gasteiger partial charge in [-0.2, -0.15) is 0 Å². The second kappa shape index (κ2) is 7.01. The molecular weight excluding hydrogens is 282 g/mol. The van der Waals surface area contributed by atoms with Crippen molar-refractivity contribution in [1.29, 1.82) is 0 Å². The maximum atomic E-state index is 5.91. The van der Waals surface area contributed by atoms with Crippen molar-refractivity contribution in [3.8, 4) is 0 Å². The van der Waals surface area contributed by atoms with Crippen LogP contribution in [0.15, 0.2) is 24.3 Å². The maximum Gasteiger partial charge on any atom is 0.133 e. The van der Waals surface area contributed by atoms with Gasteiger partial charge in [-0.1, -0.05) is 30.7 Å². The van der Waals surface area contributed by atoms with Gasteiger partial charge in [0.2, 0.25) is 0 Å². The minimum atomic E-state index is 0.452. The number of hydrogen-bond donors (Lipinski definition) is 1. The van der Waals surface area contributed by atoms with Gasteiger partial charge < -0.3 is 5.73 Å². The van der Waals surface area contributed by atoms with Gasteiger partial charge in [0.05, 0.1) is 0 Å². The number of aryl methyl sites for hydroxylation is 2. The first-order valence-electron chi connectivity index (χ1n) is 7.27. The zero-order valence-electron chi connectivity index (χ0n) is 12.9. The molecule has 21 heavy (non-hydrogen) atoms. The van der Waals surface area contributed by atoms with Gasteiger partial charge >= 0.3 is 0 Å². The van der Waals surface area contributed by atoms with Crippen molar-refractivity contribution in [1.82, 2.24) is 9.97 Å². The summed E-state index contributed by atoms with van der Waals surface area (Å²) in [5.74, 6) is 1.31. The smallest absolute Gasteiger partial charge is 0.133 e. The van der Waals surface area contributed by atoms with E-state index in [9.17, 15) is 0 Å². The van der Waals surface area contributed by atoms with Crippen LogP contribution in [-0.2, 0) is 12.8 Å². The van der Waals surface area contributed by atoms with Gasteiger partial charge in [0.25, 0.3) is 0 Å². The lowest BCUT2D eigenvalue weighted by molar-refractivity contribution is 0.584. The Morgan fingerprint density at radius 2 is 1.67 bits per heavy atom. The third-order valence-electron chi connectivity index (χ3n) is 3.70. The first-order chi connectivity index (χ1) is 9.99. The van der Waals surface area contributed by atoms with E-state index in [1.54, 1.807) is 0 Å². The van der Waals surface area contributed by atoms with Crippen LogP contribution < -0.4 is 5.73 Å². The molecule has 112 valence electrons. The van der Waals surface area contributed by atoms with Gasteiger partial charge in [0, 0.05) is 22.8 Å². The number of halogens is 1. The van der Waals surface area contributed by atoms with Crippen LogP contribution in [0, 0.1) is 19.8 Å². The van der Waals surface area contributed by atoms with E-state index in [1.807, 2.05) is 24.3 Å². The Kier molecular flexibility index (Phi) is 5.32. The highest BCUT2D eigenvalue weighted by molar-refractivity contribution is 6.30. The molecule has 3 nitrogen and oxygen atoms in total. The van der Waals surface area contributed by atoms with Gasteiger partial charge in [-0.15, -0.1) is 0 Å². The van der Waals surface area contributed by atoms with Crippen LogP contribution in [-0.4, -0.2) is 16.5 Å². The Morgan fingerprint density at radius 1 is 1.10 bits per heavy atom. The third kappa shape index (κ3) is 4.26. The van der Waals surface area contributed by atoms with Crippen LogP contribution in [0.3, 0.4) is 0 Å². The fourth-order valence-corrected chi connectivity index (χ4v) is 2.53. The van der Waals surface area contributed by atoms with Crippen LogP contribution >= 0.6 is 11.6 Å².